The first-order valence-corrected chi connectivity index (χ1v) is 5.47. The van der Waals surface area contributed by atoms with E-state index in [0.717, 1.165) is 6.42 Å². The summed E-state index contributed by atoms with van der Waals surface area (Å²) in [5, 5.41) is 18.2. The van der Waals surface area contributed by atoms with E-state index in [1.165, 1.54) is 0 Å². The monoisotopic (exact) mass is 220 g/mol. The highest BCUT2D eigenvalue weighted by molar-refractivity contribution is 6.00. The van der Waals surface area contributed by atoms with Crippen molar-refractivity contribution in [2.45, 2.75) is 12.8 Å². The molecule has 2 bridgehead atoms. The van der Waals surface area contributed by atoms with Gasteiger partial charge in [0.05, 0.1) is 5.57 Å². The van der Waals surface area contributed by atoms with Crippen LogP contribution in [0.1, 0.15) is 12.8 Å². The number of carbonyl (C=O) groups is 2. The minimum Gasteiger partial charge on any atom is -0.478 e. The van der Waals surface area contributed by atoms with E-state index in [1.807, 2.05) is 0 Å². The van der Waals surface area contributed by atoms with Gasteiger partial charge in [-0.1, -0.05) is 12.2 Å². The molecule has 3 aliphatic carbocycles. The summed E-state index contributed by atoms with van der Waals surface area (Å²) in [5.74, 6) is -1.32. The molecule has 0 aromatic heterocycles. The lowest BCUT2D eigenvalue weighted by Gasteiger charge is -2.21. The van der Waals surface area contributed by atoms with Crippen molar-refractivity contribution in [3.63, 3.8) is 0 Å². The molecule has 0 amide bonds. The predicted molar refractivity (Wildman–Crippen MR) is 54.6 cm³/mol. The van der Waals surface area contributed by atoms with Gasteiger partial charge in [-0.15, -0.1) is 0 Å². The Morgan fingerprint density at radius 1 is 1.12 bits per heavy atom. The molecule has 2 N–H and O–H groups in total. The minimum atomic E-state index is -1.06. The second kappa shape index (κ2) is 2.97. The molecular formula is C12H12O4. The zero-order chi connectivity index (χ0) is 11.4. The maximum atomic E-state index is 11.2. The molecule has 0 saturated heterocycles. The predicted octanol–water partition coefficient (Wildman–Crippen LogP) is 1.29. The Labute approximate surface area is 92.3 Å². The topological polar surface area (TPSA) is 74.6 Å². The molecule has 1 fully saturated rings. The van der Waals surface area contributed by atoms with E-state index in [-0.39, 0.29) is 28.9 Å². The van der Waals surface area contributed by atoms with Gasteiger partial charge in [0.1, 0.15) is 0 Å². The van der Waals surface area contributed by atoms with Gasteiger partial charge in [0.25, 0.3) is 0 Å². The summed E-state index contributed by atoms with van der Waals surface area (Å²) in [4.78, 5) is 22.2. The third-order valence-corrected chi connectivity index (χ3v) is 4.21. The zero-order valence-corrected chi connectivity index (χ0v) is 8.59. The highest BCUT2D eigenvalue weighted by atomic mass is 16.4. The second-order valence-electron chi connectivity index (χ2n) is 4.84. The highest BCUT2D eigenvalue weighted by Gasteiger charge is 2.53. The van der Waals surface area contributed by atoms with Crippen molar-refractivity contribution in [1.29, 1.82) is 0 Å². The van der Waals surface area contributed by atoms with Crippen molar-refractivity contribution < 1.29 is 19.8 Å². The van der Waals surface area contributed by atoms with Crippen LogP contribution in [0, 0.1) is 23.7 Å². The summed E-state index contributed by atoms with van der Waals surface area (Å²) in [5.41, 5.74) is 0.287. The molecule has 4 nitrogen and oxygen atoms in total. The van der Waals surface area contributed by atoms with Gasteiger partial charge >= 0.3 is 11.9 Å². The average molecular weight is 220 g/mol. The quantitative estimate of drug-likeness (QED) is 0.688. The van der Waals surface area contributed by atoms with Crippen molar-refractivity contribution in [3.8, 4) is 0 Å². The molecule has 4 heteroatoms. The second-order valence-corrected chi connectivity index (χ2v) is 4.84. The maximum absolute atomic E-state index is 11.2. The Morgan fingerprint density at radius 2 is 1.81 bits per heavy atom. The van der Waals surface area contributed by atoms with Gasteiger partial charge in [-0.25, -0.2) is 9.59 Å². The summed E-state index contributed by atoms with van der Waals surface area (Å²) in [6, 6.07) is 0. The van der Waals surface area contributed by atoms with Crippen molar-refractivity contribution in [3.05, 3.63) is 23.3 Å². The van der Waals surface area contributed by atoms with Crippen LogP contribution in [0.4, 0.5) is 0 Å². The van der Waals surface area contributed by atoms with Gasteiger partial charge in [-0.2, -0.15) is 0 Å². The smallest absolute Gasteiger partial charge is 0.332 e. The molecule has 0 radical (unpaired) electrons. The first-order valence-electron chi connectivity index (χ1n) is 5.47. The molecule has 0 aromatic carbocycles. The van der Waals surface area contributed by atoms with Crippen molar-refractivity contribution in [2.24, 2.45) is 23.7 Å². The van der Waals surface area contributed by atoms with E-state index in [9.17, 15) is 9.59 Å². The Kier molecular flexibility index (Phi) is 1.79. The maximum Gasteiger partial charge on any atom is 0.332 e. The Balaban J connectivity index is 2.06. The van der Waals surface area contributed by atoms with Crippen LogP contribution in [0.25, 0.3) is 0 Å². The largest absolute Gasteiger partial charge is 0.478 e. The van der Waals surface area contributed by atoms with E-state index in [1.54, 1.807) is 0 Å². The Bertz CT molecular complexity index is 446. The zero-order valence-electron chi connectivity index (χ0n) is 8.59. The summed E-state index contributed by atoms with van der Waals surface area (Å²) in [7, 11) is 0. The Hall–Kier alpha value is -1.58. The van der Waals surface area contributed by atoms with Crippen LogP contribution < -0.4 is 0 Å². The lowest BCUT2D eigenvalue weighted by atomic mass is 9.82. The molecule has 3 aliphatic rings. The van der Waals surface area contributed by atoms with E-state index in [4.69, 9.17) is 10.2 Å². The number of aliphatic carboxylic acids is 2. The van der Waals surface area contributed by atoms with Crippen LogP contribution in [-0.2, 0) is 9.59 Å². The number of allylic oxidation sites excluding steroid dienone is 2. The van der Waals surface area contributed by atoms with E-state index in [2.05, 4.69) is 12.2 Å². The first kappa shape index (κ1) is 9.63. The molecule has 0 spiro atoms. The number of hydrogen-bond acceptors (Lipinski definition) is 2. The van der Waals surface area contributed by atoms with Crippen LogP contribution in [-0.4, -0.2) is 22.2 Å². The lowest BCUT2D eigenvalue weighted by Crippen LogP contribution is -2.20. The number of hydrogen-bond donors (Lipinski definition) is 2. The average Bonchev–Trinajstić information content (AvgIpc) is 2.87. The molecule has 3 rings (SSSR count). The molecule has 4 atom stereocenters. The van der Waals surface area contributed by atoms with E-state index >= 15 is 0 Å². The van der Waals surface area contributed by atoms with Crippen LogP contribution in [0.5, 0.6) is 0 Å². The number of carboxylic acids is 2. The highest BCUT2D eigenvalue weighted by Crippen LogP contribution is 2.57. The molecule has 84 valence electrons. The summed E-state index contributed by atoms with van der Waals surface area (Å²) < 4.78 is 0. The summed E-state index contributed by atoms with van der Waals surface area (Å²) in [6.07, 6.45) is 5.60. The van der Waals surface area contributed by atoms with Gasteiger partial charge in [0.2, 0.25) is 0 Å². The fourth-order valence-corrected chi connectivity index (χ4v) is 3.65. The number of rotatable bonds is 2. The summed E-state index contributed by atoms with van der Waals surface area (Å²) in [6.45, 7) is 0. The van der Waals surface area contributed by atoms with Crippen molar-refractivity contribution in [1.82, 2.24) is 0 Å². The summed E-state index contributed by atoms with van der Waals surface area (Å²) >= 11 is 0. The van der Waals surface area contributed by atoms with Crippen LogP contribution in [0.3, 0.4) is 0 Å². The number of fused-ring (bicyclic) bond motifs is 5. The van der Waals surface area contributed by atoms with E-state index in [0.29, 0.717) is 12.3 Å². The van der Waals surface area contributed by atoms with Crippen LogP contribution >= 0.6 is 0 Å². The van der Waals surface area contributed by atoms with E-state index < -0.39 is 11.9 Å². The fraction of sp³-hybridized carbons (Fsp3) is 0.500. The molecule has 0 aliphatic heterocycles. The third-order valence-electron chi connectivity index (χ3n) is 4.21. The normalized spacial score (nSPS) is 39.2. The van der Waals surface area contributed by atoms with Gasteiger partial charge in [0, 0.05) is 11.5 Å². The standard InChI is InChI=1S/C12H12O4/c13-11(14)8-4-7-5-1-2-6(3-5)9(7)10(8)12(15)16/h1-2,5-7,9H,3-4H2,(H,13,14)(H,15,16). The molecule has 0 aromatic rings. The van der Waals surface area contributed by atoms with Crippen molar-refractivity contribution in [2.75, 3.05) is 0 Å². The SMILES string of the molecule is O=C(O)C1=C(C(=O)O)C2C3C=CC(C3)C2C1. The molecule has 16 heavy (non-hydrogen) atoms. The molecular weight excluding hydrogens is 208 g/mol. The van der Waals surface area contributed by atoms with Gasteiger partial charge in [0.15, 0.2) is 0 Å². The van der Waals surface area contributed by atoms with Gasteiger partial charge in [-0.3, -0.25) is 0 Å². The lowest BCUT2D eigenvalue weighted by molar-refractivity contribution is -0.136. The van der Waals surface area contributed by atoms with Gasteiger partial charge < -0.3 is 10.2 Å². The molecule has 4 unspecified atom stereocenters. The van der Waals surface area contributed by atoms with Crippen LogP contribution in [0.2, 0.25) is 0 Å². The number of carboxylic acid groups (broad SMARTS) is 2. The molecule has 0 heterocycles. The van der Waals surface area contributed by atoms with Crippen LogP contribution in [0.15, 0.2) is 23.3 Å². The fourth-order valence-electron chi connectivity index (χ4n) is 3.65. The van der Waals surface area contributed by atoms with Gasteiger partial charge in [-0.05, 0) is 30.6 Å². The Morgan fingerprint density at radius 3 is 2.44 bits per heavy atom. The molecule has 1 saturated carbocycles. The van der Waals surface area contributed by atoms with Crippen molar-refractivity contribution >= 4 is 11.9 Å². The first-order chi connectivity index (χ1) is 7.59. The minimum absolute atomic E-state index is 0.0569. The third kappa shape index (κ3) is 1.04.